The minimum absolute atomic E-state index is 0.225. The number of carbonyl (C=O) groups is 1. The highest BCUT2D eigenvalue weighted by molar-refractivity contribution is 5.66. The zero-order valence-corrected chi connectivity index (χ0v) is 11.2. The summed E-state index contributed by atoms with van der Waals surface area (Å²) in [5, 5.41) is 8.55. The molecular weight excluding hydrogens is 256 g/mol. The Labute approximate surface area is 117 Å². The molecule has 0 spiro atoms. The van der Waals surface area contributed by atoms with Crippen LogP contribution in [0.15, 0.2) is 36.7 Å². The molecule has 0 unspecified atom stereocenters. The number of hydrogen-bond acceptors (Lipinski definition) is 3. The van der Waals surface area contributed by atoms with Gasteiger partial charge in [0.05, 0.1) is 12.2 Å². The van der Waals surface area contributed by atoms with E-state index in [1.54, 1.807) is 12.4 Å². The van der Waals surface area contributed by atoms with Crippen molar-refractivity contribution in [3.63, 3.8) is 0 Å². The first-order valence-corrected chi connectivity index (χ1v) is 6.71. The summed E-state index contributed by atoms with van der Waals surface area (Å²) in [6, 6.07) is 7.73. The molecule has 1 heterocycles. The Morgan fingerprint density at radius 3 is 2.85 bits per heavy atom. The maximum Gasteiger partial charge on any atom is 0.303 e. The lowest BCUT2D eigenvalue weighted by molar-refractivity contribution is -0.137. The second-order valence-corrected chi connectivity index (χ2v) is 4.49. The van der Waals surface area contributed by atoms with Crippen molar-refractivity contribution in [3.8, 4) is 17.1 Å². The van der Waals surface area contributed by atoms with E-state index in [2.05, 4.69) is 9.97 Å². The number of nitrogens with one attached hydrogen (secondary N) is 1. The van der Waals surface area contributed by atoms with Crippen LogP contribution in [0.5, 0.6) is 5.75 Å². The standard InChI is InChI=1S/C15H18N2O3/c18-14(19)8-2-1-5-11-20-13-7-4-3-6-12(13)15-16-9-10-17-15/h3-4,6-7,9-10H,1-2,5,8,11H2,(H,16,17)(H,18,19). The number of hydrogen-bond donors (Lipinski definition) is 2. The molecule has 1 aromatic carbocycles. The summed E-state index contributed by atoms with van der Waals surface area (Å²) in [5.74, 6) is 0.834. The van der Waals surface area contributed by atoms with Crippen molar-refractivity contribution in [2.24, 2.45) is 0 Å². The first-order valence-electron chi connectivity index (χ1n) is 6.71. The molecule has 5 nitrogen and oxygen atoms in total. The van der Waals surface area contributed by atoms with Crippen molar-refractivity contribution in [3.05, 3.63) is 36.7 Å². The van der Waals surface area contributed by atoms with E-state index in [0.29, 0.717) is 13.0 Å². The van der Waals surface area contributed by atoms with Crippen molar-refractivity contribution in [1.82, 2.24) is 9.97 Å². The Morgan fingerprint density at radius 2 is 2.10 bits per heavy atom. The lowest BCUT2D eigenvalue weighted by Crippen LogP contribution is -2.00. The molecule has 0 aliphatic carbocycles. The Kier molecular flexibility index (Phi) is 5.17. The minimum atomic E-state index is -0.742. The van der Waals surface area contributed by atoms with E-state index in [9.17, 15) is 4.79 Å². The fourth-order valence-electron chi connectivity index (χ4n) is 1.94. The fraction of sp³-hybridized carbons (Fsp3) is 0.333. The number of carboxylic acid groups (broad SMARTS) is 1. The molecule has 106 valence electrons. The average molecular weight is 274 g/mol. The molecule has 0 saturated carbocycles. The summed E-state index contributed by atoms with van der Waals surface area (Å²) in [4.78, 5) is 17.7. The maximum absolute atomic E-state index is 10.4. The summed E-state index contributed by atoms with van der Waals surface area (Å²) < 4.78 is 5.76. The summed E-state index contributed by atoms with van der Waals surface area (Å²) in [7, 11) is 0. The van der Waals surface area contributed by atoms with Crippen molar-refractivity contribution in [2.45, 2.75) is 25.7 Å². The fourth-order valence-corrected chi connectivity index (χ4v) is 1.94. The number of carboxylic acids is 1. The van der Waals surface area contributed by atoms with E-state index in [-0.39, 0.29) is 6.42 Å². The molecule has 0 bridgehead atoms. The van der Waals surface area contributed by atoms with Gasteiger partial charge in [0.25, 0.3) is 0 Å². The SMILES string of the molecule is O=C(O)CCCCCOc1ccccc1-c1ncc[nH]1. The van der Waals surface area contributed by atoms with Gasteiger partial charge in [-0.1, -0.05) is 12.1 Å². The van der Waals surface area contributed by atoms with Crippen LogP contribution >= 0.6 is 0 Å². The van der Waals surface area contributed by atoms with Crippen LogP contribution in [0.2, 0.25) is 0 Å². The summed E-state index contributed by atoms with van der Waals surface area (Å²) in [6.07, 6.45) is 6.10. The number of aromatic amines is 1. The molecule has 0 fully saturated rings. The Bertz CT molecular complexity index is 538. The van der Waals surface area contributed by atoms with Crippen molar-refractivity contribution >= 4 is 5.97 Å². The topological polar surface area (TPSA) is 75.2 Å². The molecule has 0 amide bonds. The lowest BCUT2D eigenvalue weighted by Gasteiger charge is -2.09. The second-order valence-electron chi connectivity index (χ2n) is 4.49. The van der Waals surface area contributed by atoms with Crippen LogP contribution < -0.4 is 4.74 Å². The van der Waals surface area contributed by atoms with Crippen LogP contribution in [-0.4, -0.2) is 27.7 Å². The Hall–Kier alpha value is -2.30. The second kappa shape index (κ2) is 7.33. The molecular formula is C15H18N2O3. The molecule has 2 N–H and O–H groups in total. The van der Waals surface area contributed by atoms with E-state index in [1.165, 1.54) is 0 Å². The van der Waals surface area contributed by atoms with E-state index in [0.717, 1.165) is 30.0 Å². The zero-order chi connectivity index (χ0) is 14.2. The maximum atomic E-state index is 10.4. The van der Waals surface area contributed by atoms with Crippen LogP contribution in [0, 0.1) is 0 Å². The largest absolute Gasteiger partial charge is 0.493 e. The summed E-state index contributed by atoms with van der Waals surface area (Å²) in [6.45, 7) is 0.581. The monoisotopic (exact) mass is 274 g/mol. The van der Waals surface area contributed by atoms with Crippen LogP contribution in [0.1, 0.15) is 25.7 Å². The van der Waals surface area contributed by atoms with Crippen molar-refractivity contribution in [2.75, 3.05) is 6.61 Å². The van der Waals surface area contributed by atoms with E-state index >= 15 is 0 Å². The van der Waals surface area contributed by atoms with Crippen LogP contribution in [-0.2, 0) is 4.79 Å². The predicted octanol–water partition coefficient (Wildman–Crippen LogP) is 3.10. The minimum Gasteiger partial charge on any atom is -0.493 e. The number of benzene rings is 1. The van der Waals surface area contributed by atoms with Gasteiger partial charge in [-0.3, -0.25) is 4.79 Å². The number of aromatic nitrogens is 2. The highest BCUT2D eigenvalue weighted by Gasteiger charge is 2.07. The third-order valence-corrected chi connectivity index (χ3v) is 2.93. The van der Waals surface area contributed by atoms with Crippen LogP contribution in [0.4, 0.5) is 0 Å². The lowest BCUT2D eigenvalue weighted by atomic mass is 10.2. The first kappa shape index (κ1) is 14.1. The van der Waals surface area contributed by atoms with Gasteiger partial charge < -0.3 is 14.8 Å². The molecule has 0 aliphatic heterocycles. The number of imidazole rings is 1. The Balaban J connectivity index is 1.83. The van der Waals surface area contributed by atoms with E-state index < -0.39 is 5.97 Å². The van der Waals surface area contributed by atoms with Crippen LogP contribution in [0.25, 0.3) is 11.4 Å². The predicted molar refractivity (Wildman–Crippen MR) is 75.6 cm³/mol. The van der Waals surface area contributed by atoms with Gasteiger partial charge in [0.1, 0.15) is 11.6 Å². The molecule has 1 aromatic heterocycles. The number of unbranched alkanes of at least 4 members (excludes halogenated alkanes) is 2. The number of ether oxygens (including phenoxy) is 1. The highest BCUT2D eigenvalue weighted by atomic mass is 16.5. The molecule has 5 heteroatoms. The number of aliphatic carboxylic acids is 1. The van der Waals surface area contributed by atoms with Gasteiger partial charge >= 0.3 is 5.97 Å². The molecule has 0 atom stereocenters. The van der Waals surface area contributed by atoms with Gasteiger partial charge in [0.2, 0.25) is 0 Å². The Morgan fingerprint density at radius 1 is 1.25 bits per heavy atom. The molecule has 0 saturated heterocycles. The van der Waals surface area contributed by atoms with Gasteiger partial charge in [-0.15, -0.1) is 0 Å². The molecule has 2 rings (SSSR count). The first-order chi connectivity index (χ1) is 9.77. The highest BCUT2D eigenvalue weighted by Crippen LogP contribution is 2.27. The summed E-state index contributed by atoms with van der Waals surface area (Å²) >= 11 is 0. The van der Waals surface area contributed by atoms with E-state index in [4.69, 9.17) is 9.84 Å². The average Bonchev–Trinajstić information content (AvgIpc) is 2.97. The van der Waals surface area contributed by atoms with Gasteiger partial charge in [0.15, 0.2) is 0 Å². The number of nitrogens with zero attached hydrogens (tertiary/aromatic N) is 1. The summed E-state index contributed by atoms with van der Waals surface area (Å²) in [5.41, 5.74) is 0.933. The quantitative estimate of drug-likeness (QED) is 0.725. The van der Waals surface area contributed by atoms with Gasteiger partial charge in [0, 0.05) is 18.8 Å². The van der Waals surface area contributed by atoms with Crippen LogP contribution in [0.3, 0.4) is 0 Å². The zero-order valence-electron chi connectivity index (χ0n) is 11.2. The number of H-pyrrole nitrogens is 1. The molecule has 0 radical (unpaired) electrons. The normalized spacial score (nSPS) is 10.4. The van der Waals surface area contributed by atoms with Crippen molar-refractivity contribution in [1.29, 1.82) is 0 Å². The van der Waals surface area contributed by atoms with Crippen molar-refractivity contribution < 1.29 is 14.6 Å². The smallest absolute Gasteiger partial charge is 0.303 e. The molecule has 0 aliphatic rings. The van der Waals surface area contributed by atoms with Gasteiger partial charge in [-0.25, -0.2) is 4.98 Å². The number of rotatable bonds is 8. The third-order valence-electron chi connectivity index (χ3n) is 2.93. The molecule has 2 aromatic rings. The van der Waals surface area contributed by atoms with Gasteiger partial charge in [-0.2, -0.15) is 0 Å². The third kappa shape index (κ3) is 4.12. The molecule has 20 heavy (non-hydrogen) atoms. The number of para-hydroxylation sites is 1. The van der Waals surface area contributed by atoms with Gasteiger partial charge in [-0.05, 0) is 31.4 Å². The van der Waals surface area contributed by atoms with E-state index in [1.807, 2.05) is 24.3 Å².